The van der Waals surface area contributed by atoms with Gasteiger partial charge in [0.15, 0.2) is 17.4 Å². The van der Waals surface area contributed by atoms with Crippen molar-refractivity contribution in [2.45, 2.75) is 58.5 Å². The van der Waals surface area contributed by atoms with Gasteiger partial charge in [0.05, 0.1) is 6.10 Å². The molecule has 5 heteroatoms. The first-order valence-electron chi connectivity index (χ1n) is 11.8. The van der Waals surface area contributed by atoms with Crippen LogP contribution in [0.4, 0.5) is 4.39 Å². The molecule has 1 heterocycles. The molecule has 0 amide bonds. The third-order valence-corrected chi connectivity index (χ3v) is 5.54. The summed E-state index contributed by atoms with van der Waals surface area (Å²) in [5.74, 6) is -0.418. The van der Waals surface area contributed by atoms with Gasteiger partial charge in [-0.05, 0) is 55.9 Å². The number of rotatable bonds is 12. The molecular formula is C28H33FN2O2. The number of aromatic hydroxyl groups is 1. The highest BCUT2D eigenvalue weighted by Crippen LogP contribution is 2.25. The molecule has 3 rings (SSSR count). The normalized spacial score (nSPS) is 12.3. The SMILES string of the molecule is CCCCCOC(C)CCC/C=C/c1ccc(-c2ncc(-c3ccc(O)c(F)c3)cn2)cc1. The molecule has 33 heavy (non-hydrogen) atoms. The molecule has 3 aromatic rings. The lowest BCUT2D eigenvalue weighted by molar-refractivity contribution is 0.0566. The smallest absolute Gasteiger partial charge is 0.165 e. The maximum absolute atomic E-state index is 13.6. The predicted octanol–water partition coefficient (Wildman–Crippen LogP) is 7.43. The van der Waals surface area contributed by atoms with Crippen molar-refractivity contribution >= 4 is 6.08 Å². The van der Waals surface area contributed by atoms with E-state index in [2.05, 4.69) is 48.1 Å². The number of ether oxygens (including phenoxy) is 1. The largest absolute Gasteiger partial charge is 0.505 e. The molecule has 1 atom stereocenters. The Labute approximate surface area is 196 Å². The first-order chi connectivity index (χ1) is 16.1. The Morgan fingerprint density at radius 2 is 1.70 bits per heavy atom. The molecule has 0 aliphatic rings. The van der Waals surface area contributed by atoms with Crippen LogP contribution in [0.2, 0.25) is 0 Å². The van der Waals surface area contributed by atoms with Crippen LogP contribution in [-0.2, 0) is 4.74 Å². The number of halogens is 1. The molecule has 0 bridgehead atoms. The molecule has 0 fully saturated rings. The fourth-order valence-corrected chi connectivity index (χ4v) is 3.52. The van der Waals surface area contributed by atoms with E-state index in [4.69, 9.17) is 4.74 Å². The van der Waals surface area contributed by atoms with Crippen LogP contribution in [0, 0.1) is 5.82 Å². The number of allylic oxidation sites excluding steroid dienone is 1. The Bertz CT molecular complexity index is 1020. The maximum atomic E-state index is 13.6. The van der Waals surface area contributed by atoms with Gasteiger partial charge >= 0.3 is 0 Å². The van der Waals surface area contributed by atoms with Crippen molar-refractivity contribution in [3.63, 3.8) is 0 Å². The summed E-state index contributed by atoms with van der Waals surface area (Å²) in [6.45, 7) is 5.24. The van der Waals surface area contributed by atoms with Crippen LogP contribution in [-0.4, -0.2) is 27.8 Å². The van der Waals surface area contributed by atoms with E-state index in [0.717, 1.165) is 43.4 Å². The first kappa shape index (κ1) is 24.6. The Kier molecular flexibility index (Phi) is 9.58. The summed E-state index contributed by atoms with van der Waals surface area (Å²) in [5.41, 5.74) is 3.37. The Hall–Kier alpha value is -3.05. The van der Waals surface area contributed by atoms with E-state index in [1.165, 1.54) is 25.0 Å². The van der Waals surface area contributed by atoms with Crippen molar-refractivity contribution in [1.82, 2.24) is 9.97 Å². The molecule has 0 saturated carbocycles. The van der Waals surface area contributed by atoms with E-state index in [1.54, 1.807) is 18.5 Å². The van der Waals surface area contributed by atoms with Crippen molar-refractivity contribution in [2.24, 2.45) is 0 Å². The lowest BCUT2D eigenvalue weighted by Gasteiger charge is -2.11. The molecule has 4 nitrogen and oxygen atoms in total. The molecule has 2 aromatic carbocycles. The van der Waals surface area contributed by atoms with Gasteiger partial charge < -0.3 is 9.84 Å². The van der Waals surface area contributed by atoms with E-state index in [9.17, 15) is 9.50 Å². The minimum Gasteiger partial charge on any atom is -0.505 e. The van der Waals surface area contributed by atoms with Gasteiger partial charge in [-0.25, -0.2) is 14.4 Å². The molecule has 0 radical (unpaired) electrons. The zero-order chi connectivity index (χ0) is 23.5. The van der Waals surface area contributed by atoms with Crippen molar-refractivity contribution in [3.8, 4) is 28.3 Å². The molecule has 1 N–H and O–H groups in total. The number of phenolic OH excluding ortho intramolecular Hbond substituents is 1. The predicted molar refractivity (Wildman–Crippen MR) is 132 cm³/mol. The molecule has 0 aliphatic carbocycles. The highest BCUT2D eigenvalue weighted by Gasteiger charge is 2.06. The summed E-state index contributed by atoms with van der Waals surface area (Å²) in [6, 6.07) is 12.3. The summed E-state index contributed by atoms with van der Waals surface area (Å²) < 4.78 is 19.4. The summed E-state index contributed by atoms with van der Waals surface area (Å²) in [4.78, 5) is 8.83. The van der Waals surface area contributed by atoms with Gasteiger partial charge in [-0.1, -0.05) is 62.2 Å². The van der Waals surface area contributed by atoms with Crippen molar-refractivity contribution in [3.05, 3.63) is 72.3 Å². The van der Waals surface area contributed by atoms with Crippen LogP contribution in [0.3, 0.4) is 0 Å². The average Bonchev–Trinajstić information content (AvgIpc) is 2.84. The molecule has 0 saturated heterocycles. The molecule has 1 aromatic heterocycles. The van der Waals surface area contributed by atoms with Gasteiger partial charge in [0.2, 0.25) is 0 Å². The van der Waals surface area contributed by atoms with E-state index in [1.807, 2.05) is 12.1 Å². The first-order valence-corrected chi connectivity index (χ1v) is 11.8. The van der Waals surface area contributed by atoms with Gasteiger partial charge in [-0.3, -0.25) is 0 Å². The van der Waals surface area contributed by atoms with Crippen molar-refractivity contribution in [1.29, 1.82) is 0 Å². The highest BCUT2D eigenvalue weighted by molar-refractivity contribution is 5.65. The van der Waals surface area contributed by atoms with Crippen LogP contribution < -0.4 is 0 Å². The van der Waals surface area contributed by atoms with Crippen LogP contribution in [0.15, 0.2) is 60.9 Å². The second kappa shape index (κ2) is 12.9. The van der Waals surface area contributed by atoms with Crippen LogP contribution in [0.25, 0.3) is 28.6 Å². The topological polar surface area (TPSA) is 55.2 Å². The summed E-state index contributed by atoms with van der Waals surface area (Å²) >= 11 is 0. The number of phenols is 1. The number of benzene rings is 2. The number of hydrogen-bond acceptors (Lipinski definition) is 4. The van der Waals surface area contributed by atoms with Gasteiger partial charge in [-0.2, -0.15) is 0 Å². The second-order valence-corrected chi connectivity index (χ2v) is 8.31. The molecular weight excluding hydrogens is 415 g/mol. The third kappa shape index (κ3) is 7.79. The van der Waals surface area contributed by atoms with Crippen LogP contribution in [0.1, 0.15) is 57.9 Å². The average molecular weight is 449 g/mol. The standard InChI is InChI=1S/C28H33FN2O2/c1-3-4-8-17-33-21(2)9-6-5-7-10-22-11-13-23(14-12-22)28-30-19-25(20-31-28)24-15-16-27(32)26(29)18-24/h7,10-16,18-21,32H,3-6,8-9,17H2,1-2H3/b10-7+. The lowest BCUT2D eigenvalue weighted by Crippen LogP contribution is -2.08. The van der Waals surface area contributed by atoms with Crippen molar-refractivity contribution < 1.29 is 14.2 Å². The lowest BCUT2D eigenvalue weighted by atomic mass is 10.1. The zero-order valence-corrected chi connectivity index (χ0v) is 19.5. The second-order valence-electron chi connectivity index (χ2n) is 8.31. The minimum absolute atomic E-state index is 0.328. The molecule has 0 aliphatic heterocycles. The van der Waals surface area contributed by atoms with Crippen LogP contribution in [0.5, 0.6) is 5.75 Å². The van der Waals surface area contributed by atoms with E-state index in [-0.39, 0.29) is 5.75 Å². The molecule has 1 unspecified atom stereocenters. The summed E-state index contributed by atoms with van der Waals surface area (Å²) in [7, 11) is 0. The fourth-order valence-electron chi connectivity index (χ4n) is 3.52. The fraction of sp³-hybridized carbons (Fsp3) is 0.357. The summed E-state index contributed by atoms with van der Waals surface area (Å²) in [6.07, 6.45) is 14.9. The molecule has 174 valence electrons. The van der Waals surface area contributed by atoms with Gasteiger partial charge in [0.1, 0.15) is 0 Å². The number of aromatic nitrogens is 2. The number of hydrogen-bond donors (Lipinski definition) is 1. The Morgan fingerprint density at radius 1 is 0.970 bits per heavy atom. The van der Waals surface area contributed by atoms with E-state index >= 15 is 0 Å². The third-order valence-electron chi connectivity index (χ3n) is 5.54. The minimum atomic E-state index is -0.662. The highest BCUT2D eigenvalue weighted by atomic mass is 19.1. The monoisotopic (exact) mass is 448 g/mol. The number of nitrogens with zero attached hydrogens (tertiary/aromatic N) is 2. The molecule has 0 spiro atoms. The van der Waals surface area contributed by atoms with E-state index in [0.29, 0.717) is 23.1 Å². The Morgan fingerprint density at radius 3 is 2.39 bits per heavy atom. The van der Waals surface area contributed by atoms with Gasteiger partial charge in [-0.15, -0.1) is 0 Å². The summed E-state index contributed by atoms with van der Waals surface area (Å²) in [5, 5.41) is 9.34. The van der Waals surface area contributed by atoms with Gasteiger partial charge in [0.25, 0.3) is 0 Å². The quantitative estimate of drug-likeness (QED) is 0.293. The van der Waals surface area contributed by atoms with Crippen molar-refractivity contribution in [2.75, 3.05) is 6.61 Å². The van der Waals surface area contributed by atoms with Crippen LogP contribution >= 0.6 is 0 Å². The number of unbranched alkanes of at least 4 members (excludes halogenated alkanes) is 3. The van der Waals surface area contributed by atoms with Gasteiger partial charge in [0, 0.05) is 30.1 Å². The Balaban J connectivity index is 1.47. The maximum Gasteiger partial charge on any atom is 0.165 e. The van der Waals surface area contributed by atoms with E-state index < -0.39 is 5.82 Å². The zero-order valence-electron chi connectivity index (χ0n) is 19.5.